The summed E-state index contributed by atoms with van der Waals surface area (Å²) in [5, 5.41) is 13.3. The number of carbonyl (C=O) groups excluding carboxylic acids is 1. The number of carbonyl (C=O) groups is 2. The summed E-state index contributed by atoms with van der Waals surface area (Å²) in [6.45, 7) is 5.03. The van der Waals surface area contributed by atoms with Crippen molar-refractivity contribution in [2.24, 2.45) is 5.92 Å². The Morgan fingerprint density at radius 3 is 2.80 bits per heavy atom. The molecule has 0 spiro atoms. The molecule has 1 aromatic rings. The van der Waals surface area contributed by atoms with Gasteiger partial charge in [-0.2, -0.15) is 0 Å². The van der Waals surface area contributed by atoms with Crippen LogP contribution in [-0.2, 0) is 4.79 Å². The number of carboxylic acid groups (broad SMARTS) is 1. The topological polar surface area (TPSA) is 66.4 Å². The minimum absolute atomic E-state index is 0.130. The van der Waals surface area contributed by atoms with Crippen molar-refractivity contribution in [1.29, 1.82) is 0 Å². The van der Waals surface area contributed by atoms with Gasteiger partial charge in [0.05, 0.1) is 4.88 Å². The summed E-state index contributed by atoms with van der Waals surface area (Å²) in [5.41, 5.74) is 0.650. The lowest BCUT2D eigenvalue weighted by atomic mass is 10.1. The van der Waals surface area contributed by atoms with E-state index >= 15 is 0 Å². The highest BCUT2D eigenvalue weighted by Crippen LogP contribution is 2.18. The number of hydrogen-bond acceptors (Lipinski definition) is 3. The van der Waals surface area contributed by atoms with E-state index < -0.39 is 5.97 Å². The van der Waals surface area contributed by atoms with Crippen molar-refractivity contribution in [3.8, 4) is 0 Å². The van der Waals surface area contributed by atoms with Gasteiger partial charge in [-0.15, -0.1) is 11.3 Å². The molecule has 110 valence electrons. The van der Waals surface area contributed by atoms with Crippen molar-refractivity contribution >= 4 is 29.3 Å². The van der Waals surface area contributed by atoms with Crippen LogP contribution in [0.25, 0.3) is 6.08 Å². The van der Waals surface area contributed by atoms with Gasteiger partial charge in [0, 0.05) is 12.6 Å². The van der Waals surface area contributed by atoms with E-state index in [0.717, 1.165) is 18.9 Å². The van der Waals surface area contributed by atoms with E-state index in [9.17, 15) is 9.59 Å². The van der Waals surface area contributed by atoms with Gasteiger partial charge in [0.1, 0.15) is 0 Å². The van der Waals surface area contributed by atoms with E-state index in [-0.39, 0.29) is 5.91 Å². The summed E-state index contributed by atoms with van der Waals surface area (Å²) in [7, 11) is 0. The molecular weight excluding hydrogens is 274 g/mol. The Bertz CT molecular complexity index is 477. The molecule has 0 unspecified atom stereocenters. The first kappa shape index (κ1) is 16.4. The minimum atomic E-state index is -1.02. The molecule has 0 fully saturated rings. The standard InChI is InChI=1S/C15H21NO3S/c1-11(2)5-3-4-9-16-15(19)14-12(8-10-20-14)6-7-13(17)18/h6-8,10-11H,3-5,9H2,1-2H3,(H,16,19)(H,17,18)/b7-6+. The molecule has 0 bridgehead atoms. The van der Waals surface area contributed by atoms with Gasteiger partial charge >= 0.3 is 5.97 Å². The molecular formula is C15H21NO3S. The molecule has 0 atom stereocenters. The van der Waals surface area contributed by atoms with Gasteiger partial charge in [-0.1, -0.05) is 26.7 Å². The summed E-state index contributed by atoms with van der Waals surface area (Å²) < 4.78 is 0. The zero-order valence-corrected chi connectivity index (χ0v) is 12.7. The monoisotopic (exact) mass is 295 g/mol. The van der Waals surface area contributed by atoms with Crippen molar-refractivity contribution in [3.63, 3.8) is 0 Å². The summed E-state index contributed by atoms with van der Waals surface area (Å²) in [4.78, 5) is 23.0. The number of thiophene rings is 1. The number of carboxylic acids is 1. The molecule has 2 N–H and O–H groups in total. The number of nitrogens with one attached hydrogen (secondary N) is 1. The quantitative estimate of drug-likeness (QED) is 0.570. The third-order valence-corrected chi connectivity index (χ3v) is 3.73. The van der Waals surface area contributed by atoms with Crippen LogP contribution in [0.4, 0.5) is 0 Å². The maximum Gasteiger partial charge on any atom is 0.328 e. The molecule has 0 radical (unpaired) electrons. The zero-order valence-electron chi connectivity index (χ0n) is 11.9. The molecule has 0 aliphatic rings. The molecule has 1 amide bonds. The van der Waals surface area contributed by atoms with Gasteiger partial charge in [0.2, 0.25) is 0 Å². The number of amides is 1. The van der Waals surface area contributed by atoms with Crippen LogP contribution in [0.1, 0.15) is 48.3 Å². The minimum Gasteiger partial charge on any atom is -0.478 e. The lowest BCUT2D eigenvalue weighted by molar-refractivity contribution is -0.131. The van der Waals surface area contributed by atoms with Crippen LogP contribution < -0.4 is 5.32 Å². The smallest absolute Gasteiger partial charge is 0.328 e. The maximum absolute atomic E-state index is 12.0. The van der Waals surface area contributed by atoms with E-state index in [1.165, 1.54) is 23.8 Å². The number of rotatable bonds is 8. The Hall–Kier alpha value is -1.62. The van der Waals surface area contributed by atoms with Crippen molar-refractivity contribution in [2.45, 2.75) is 33.1 Å². The van der Waals surface area contributed by atoms with Crippen molar-refractivity contribution in [1.82, 2.24) is 5.32 Å². The molecule has 5 heteroatoms. The van der Waals surface area contributed by atoms with Gasteiger partial charge in [-0.3, -0.25) is 4.79 Å². The molecule has 0 saturated carbocycles. The van der Waals surface area contributed by atoms with E-state index in [0.29, 0.717) is 22.9 Å². The largest absolute Gasteiger partial charge is 0.478 e. The second-order valence-electron chi connectivity index (χ2n) is 5.02. The highest BCUT2D eigenvalue weighted by atomic mass is 32.1. The van der Waals surface area contributed by atoms with Crippen LogP contribution in [0.5, 0.6) is 0 Å². The third-order valence-electron chi connectivity index (χ3n) is 2.80. The fraction of sp³-hybridized carbons (Fsp3) is 0.467. The normalized spacial score (nSPS) is 11.2. The van der Waals surface area contributed by atoms with Crippen molar-refractivity contribution < 1.29 is 14.7 Å². The Balaban J connectivity index is 2.44. The Kier molecular flexibility index (Phi) is 7.01. The van der Waals surface area contributed by atoms with Gasteiger partial charge in [-0.25, -0.2) is 4.79 Å². The summed E-state index contributed by atoms with van der Waals surface area (Å²) >= 11 is 1.32. The number of unbranched alkanes of at least 4 members (excludes halogenated alkanes) is 1. The fourth-order valence-corrected chi connectivity index (χ4v) is 2.56. The van der Waals surface area contributed by atoms with Crippen LogP contribution in [0.3, 0.4) is 0 Å². The molecule has 20 heavy (non-hydrogen) atoms. The van der Waals surface area contributed by atoms with Gasteiger partial charge < -0.3 is 10.4 Å². The van der Waals surface area contributed by atoms with Crippen LogP contribution in [-0.4, -0.2) is 23.5 Å². The average Bonchev–Trinajstić information content (AvgIpc) is 2.83. The fourth-order valence-electron chi connectivity index (χ4n) is 1.76. The SMILES string of the molecule is CC(C)CCCCNC(=O)c1sccc1/C=C/C(=O)O. The van der Waals surface area contributed by atoms with Gasteiger partial charge in [0.15, 0.2) is 0 Å². The van der Waals surface area contributed by atoms with E-state index in [1.807, 2.05) is 0 Å². The van der Waals surface area contributed by atoms with E-state index in [4.69, 9.17) is 5.11 Å². The molecule has 1 heterocycles. The lowest BCUT2D eigenvalue weighted by Gasteiger charge is -2.06. The Labute approximate surface area is 123 Å². The molecule has 0 aliphatic heterocycles. The first-order valence-corrected chi connectivity index (χ1v) is 7.65. The first-order chi connectivity index (χ1) is 9.50. The van der Waals surface area contributed by atoms with Crippen molar-refractivity contribution in [3.05, 3.63) is 28.0 Å². The number of hydrogen-bond donors (Lipinski definition) is 2. The second kappa shape index (κ2) is 8.53. The second-order valence-corrected chi connectivity index (χ2v) is 5.94. The van der Waals surface area contributed by atoms with Crippen LogP contribution in [0.2, 0.25) is 0 Å². The molecule has 4 nitrogen and oxygen atoms in total. The van der Waals surface area contributed by atoms with Crippen LogP contribution in [0, 0.1) is 5.92 Å². The average molecular weight is 295 g/mol. The summed E-state index contributed by atoms with van der Waals surface area (Å²) in [6, 6.07) is 1.75. The highest BCUT2D eigenvalue weighted by molar-refractivity contribution is 7.12. The van der Waals surface area contributed by atoms with Gasteiger partial charge in [0.25, 0.3) is 5.91 Å². The third kappa shape index (κ3) is 6.02. The summed E-state index contributed by atoms with van der Waals surface area (Å²) in [5.74, 6) is -0.457. The maximum atomic E-state index is 12.0. The number of aliphatic carboxylic acids is 1. The molecule has 0 aromatic carbocycles. The molecule has 0 aliphatic carbocycles. The Morgan fingerprint density at radius 1 is 1.40 bits per heavy atom. The zero-order chi connectivity index (χ0) is 15.0. The first-order valence-electron chi connectivity index (χ1n) is 6.77. The Morgan fingerprint density at radius 2 is 2.15 bits per heavy atom. The predicted molar refractivity (Wildman–Crippen MR) is 82.0 cm³/mol. The highest BCUT2D eigenvalue weighted by Gasteiger charge is 2.11. The van der Waals surface area contributed by atoms with Gasteiger partial charge in [-0.05, 0) is 35.4 Å². The van der Waals surface area contributed by atoms with E-state index in [1.54, 1.807) is 11.4 Å². The molecule has 0 saturated heterocycles. The predicted octanol–water partition coefficient (Wildman–Crippen LogP) is 3.40. The van der Waals surface area contributed by atoms with Crippen LogP contribution >= 0.6 is 11.3 Å². The van der Waals surface area contributed by atoms with E-state index in [2.05, 4.69) is 19.2 Å². The van der Waals surface area contributed by atoms with Crippen LogP contribution in [0.15, 0.2) is 17.5 Å². The van der Waals surface area contributed by atoms with Crippen molar-refractivity contribution in [2.75, 3.05) is 6.54 Å². The molecule has 1 rings (SSSR count). The molecule has 1 aromatic heterocycles. The summed E-state index contributed by atoms with van der Waals surface area (Å²) in [6.07, 6.45) is 5.74. The lowest BCUT2D eigenvalue weighted by Crippen LogP contribution is -2.24.